The van der Waals surface area contributed by atoms with Gasteiger partial charge in [0, 0.05) is 25.1 Å². The van der Waals surface area contributed by atoms with Crippen molar-refractivity contribution in [2.24, 2.45) is 12.8 Å². The average Bonchev–Trinajstić information content (AvgIpc) is 2.55. The van der Waals surface area contributed by atoms with Gasteiger partial charge < -0.3 is 10.8 Å². The minimum absolute atomic E-state index is 0.0726. The van der Waals surface area contributed by atoms with Crippen molar-refractivity contribution in [3.63, 3.8) is 0 Å². The van der Waals surface area contributed by atoms with Gasteiger partial charge in [-0.25, -0.2) is 0 Å². The van der Waals surface area contributed by atoms with E-state index >= 15 is 0 Å². The number of aliphatic hydroxyl groups excluding tert-OH is 1. The van der Waals surface area contributed by atoms with Crippen molar-refractivity contribution in [2.75, 3.05) is 6.61 Å². The summed E-state index contributed by atoms with van der Waals surface area (Å²) in [5.74, 6) is 0. The number of fused-ring (bicyclic) bond motifs is 1. The Morgan fingerprint density at radius 3 is 3.00 bits per heavy atom. The first-order valence-electron chi connectivity index (χ1n) is 5.12. The number of hydrogen-bond acceptors (Lipinski definition) is 3. The third kappa shape index (κ3) is 1.80. The summed E-state index contributed by atoms with van der Waals surface area (Å²) in [6.07, 6.45) is 0.530. The van der Waals surface area contributed by atoms with E-state index in [2.05, 4.69) is 5.10 Å². The zero-order valence-corrected chi connectivity index (χ0v) is 9.78. The summed E-state index contributed by atoms with van der Waals surface area (Å²) in [7, 11) is 1.84. The Balaban J connectivity index is 2.61. The lowest BCUT2D eigenvalue weighted by Crippen LogP contribution is -2.13. The number of hydrogen-bond donors (Lipinski definition) is 2. The van der Waals surface area contributed by atoms with Crippen LogP contribution in [0.5, 0.6) is 0 Å². The van der Waals surface area contributed by atoms with Crippen molar-refractivity contribution in [1.82, 2.24) is 9.78 Å². The topological polar surface area (TPSA) is 64.1 Å². The lowest BCUT2D eigenvalue weighted by Gasteiger charge is -2.12. The molecule has 0 bridgehead atoms. The Morgan fingerprint density at radius 2 is 2.31 bits per heavy atom. The number of para-hydroxylation sites is 1. The molecule has 1 unspecified atom stereocenters. The van der Waals surface area contributed by atoms with Crippen molar-refractivity contribution in [3.05, 3.63) is 28.9 Å². The van der Waals surface area contributed by atoms with E-state index in [0.717, 1.165) is 16.5 Å². The monoisotopic (exact) mass is 239 g/mol. The van der Waals surface area contributed by atoms with E-state index in [1.165, 1.54) is 0 Å². The number of aryl methyl sites for hydroxylation is 1. The maximum Gasteiger partial charge on any atom is 0.158 e. The van der Waals surface area contributed by atoms with Gasteiger partial charge in [-0.1, -0.05) is 23.7 Å². The molecular formula is C11H14ClN3O. The third-order valence-corrected chi connectivity index (χ3v) is 2.97. The predicted octanol–water partition coefficient (Wildman–Crippen LogP) is 1.61. The number of rotatable bonds is 3. The molecule has 0 aliphatic carbocycles. The second kappa shape index (κ2) is 4.41. The Kier molecular flexibility index (Phi) is 3.14. The highest BCUT2D eigenvalue weighted by molar-refractivity contribution is 6.34. The van der Waals surface area contributed by atoms with Crippen LogP contribution in [-0.4, -0.2) is 21.5 Å². The Hall–Kier alpha value is -1.10. The van der Waals surface area contributed by atoms with E-state index in [9.17, 15) is 0 Å². The molecule has 5 heteroatoms. The summed E-state index contributed by atoms with van der Waals surface area (Å²) < 4.78 is 1.73. The van der Waals surface area contributed by atoms with E-state index in [-0.39, 0.29) is 12.6 Å². The number of benzene rings is 1. The van der Waals surface area contributed by atoms with E-state index in [4.69, 9.17) is 22.4 Å². The van der Waals surface area contributed by atoms with E-state index < -0.39 is 0 Å². The van der Waals surface area contributed by atoms with Crippen LogP contribution >= 0.6 is 11.6 Å². The van der Waals surface area contributed by atoms with Gasteiger partial charge in [0.25, 0.3) is 0 Å². The average molecular weight is 240 g/mol. The summed E-state index contributed by atoms with van der Waals surface area (Å²) in [5.41, 5.74) is 7.91. The summed E-state index contributed by atoms with van der Waals surface area (Å²) >= 11 is 6.01. The van der Waals surface area contributed by atoms with Crippen LogP contribution in [0.15, 0.2) is 18.2 Å². The first kappa shape index (κ1) is 11.4. The van der Waals surface area contributed by atoms with Crippen molar-refractivity contribution >= 4 is 22.5 Å². The van der Waals surface area contributed by atoms with Crippen molar-refractivity contribution in [3.8, 4) is 0 Å². The third-order valence-electron chi connectivity index (χ3n) is 2.69. The molecule has 4 nitrogen and oxygen atoms in total. The Labute approximate surface area is 98.6 Å². The fourth-order valence-electron chi connectivity index (χ4n) is 1.92. The Morgan fingerprint density at radius 1 is 1.56 bits per heavy atom. The minimum atomic E-state index is -0.194. The first-order valence-corrected chi connectivity index (χ1v) is 5.50. The minimum Gasteiger partial charge on any atom is -0.396 e. The summed E-state index contributed by atoms with van der Waals surface area (Å²) in [4.78, 5) is 0. The molecule has 2 rings (SSSR count). The maximum atomic E-state index is 8.92. The van der Waals surface area contributed by atoms with Crippen molar-refractivity contribution < 1.29 is 5.11 Å². The number of nitrogens with zero attached hydrogens (tertiary/aromatic N) is 2. The molecule has 0 amide bonds. The number of aromatic nitrogens is 2. The van der Waals surface area contributed by atoms with E-state index in [0.29, 0.717) is 11.6 Å². The molecule has 86 valence electrons. The molecule has 16 heavy (non-hydrogen) atoms. The van der Waals surface area contributed by atoms with Gasteiger partial charge in [0.05, 0.1) is 5.52 Å². The summed E-state index contributed by atoms with van der Waals surface area (Å²) in [6.45, 7) is 0.0726. The molecule has 1 aromatic heterocycles. The molecule has 2 aromatic rings. The fourth-order valence-corrected chi connectivity index (χ4v) is 2.18. The zero-order valence-electron chi connectivity index (χ0n) is 9.02. The predicted molar refractivity (Wildman–Crippen MR) is 64.4 cm³/mol. The lowest BCUT2D eigenvalue weighted by atomic mass is 10.0. The van der Waals surface area contributed by atoms with Gasteiger partial charge in [0.15, 0.2) is 5.15 Å². The SMILES string of the molecule is Cn1nc(Cl)c2cccc(C(N)CCO)c21. The van der Waals surface area contributed by atoms with Crippen LogP contribution in [0.2, 0.25) is 5.15 Å². The van der Waals surface area contributed by atoms with Gasteiger partial charge in [-0.3, -0.25) is 4.68 Å². The highest BCUT2D eigenvalue weighted by Crippen LogP contribution is 2.28. The molecule has 1 aromatic carbocycles. The van der Waals surface area contributed by atoms with Gasteiger partial charge >= 0.3 is 0 Å². The molecule has 0 spiro atoms. The van der Waals surface area contributed by atoms with Crippen LogP contribution in [0.1, 0.15) is 18.0 Å². The molecule has 0 fully saturated rings. The van der Waals surface area contributed by atoms with Crippen LogP contribution in [0, 0.1) is 0 Å². The van der Waals surface area contributed by atoms with Crippen molar-refractivity contribution in [1.29, 1.82) is 0 Å². The van der Waals surface area contributed by atoms with Crippen LogP contribution in [0.3, 0.4) is 0 Å². The van der Waals surface area contributed by atoms with E-state index in [1.807, 2.05) is 25.2 Å². The van der Waals surface area contributed by atoms with E-state index in [1.54, 1.807) is 4.68 Å². The van der Waals surface area contributed by atoms with Crippen molar-refractivity contribution in [2.45, 2.75) is 12.5 Å². The molecule has 0 aliphatic heterocycles. The zero-order chi connectivity index (χ0) is 11.7. The largest absolute Gasteiger partial charge is 0.396 e. The maximum absolute atomic E-state index is 8.92. The number of nitrogens with two attached hydrogens (primary N) is 1. The lowest BCUT2D eigenvalue weighted by molar-refractivity contribution is 0.277. The molecule has 0 radical (unpaired) electrons. The quantitative estimate of drug-likeness (QED) is 0.855. The molecule has 0 aliphatic rings. The molecule has 0 saturated heterocycles. The number of aliphatic hydroxyl groups is 1. The fraction of sp³-hybridized carbons (Fsp3) is 0.364. The molecule has 0 saturated carbocycles. The normalized spacial score (nSPS) is 13.2. The van der Waals surface area contributed by atoms with Gasteiger partial charge in [0.1, 0.15) is 0 Å². The van der Waals surface area contributed by atoms with Crippen LogP contribution in [0.25, 0.3) is 10.9 Å². The molecular weight excluding hydrogens is 226 g/mol. The smallest absolute Gasteiger partial charge is 0.158 e. The summed E-state index contributed by atoms with van der Waals surface area (Å²) in [5, 5.41) is 14.5. The molecule has 1 heterocycles. The van der Waals surface area contributed by atoms with Crippen LogP contribution < -0.4 is 5.73 Å². The highest BCUT2D eigenvalue weighted by atomic mass is 35.5. The van der Waals surface area contributed by atoms with Crippen LogP contribution in [-0.2, 0) is 7.05 Å². The Bertz CT molecular complexity index is 509. The second-order valence-electron chi connectivity index (χ2n) is 3.78. The van der Waals surface area contributed by atoms with Gasteiger partial charge in [-0.15, -0.1) is 0 Å². The van der Waals surface area contributed by atoms with Gasteiger partial charge in [-0.2, -0.15) is 5.10 Å². The van der Waals surface area contributed by atoms with Gasteiger partial charge in [0.2, 0.25) is 0 Å². The standard InChI is InChI=1S/C11H14ClN3O/c1-15-10-7(9(13)5-6-16)3-2-4-8(10)11(12)14-15/h2-4,9,16H,5-6,13H2,1H3. The summed E-state index contributed by atoms with van der Waals surface area (Å²) in [6, 6.07) is 5.57. The molecule has 1 atom stereocenters. The number of halogens is 1. The van der Waals surface area contributed by atoms with Crippen LogP contribution in [0.4, 0.5) is 0 Å². The first-order chi connectivity index (χ1) is 7.65. The van der Waals surface area contributed by atoms with Gasteiger partial charge in [-0.05, 0) is 18.1 Å². The molecule has 3 N–H and O–H groups in total. The highest BCUT2D eigenvalue weighted by Gasteiger charge is 2.14. The second-order valence-corrected chi connectivity index (χ2v) is 4.13.